The molecule has 6 nitrogen and oxygen atoms in total. The highest BCUT2D eigenvalue weighted by molar-refractivity contribution is 7.17. The van der Waals surface area contributed by atoms with Gasteiger partial charge in [-0.1, -0.05) is 16.5 Å². The Hall–Kier alpha value is -1.89. The lowest BCUT2D eigenvalue weighted by Gasteiger charge is -2.01. The number of nitrogens with one attached hydrogen (secondary N) is 1. The SMILES string of the molecule is COC(=O)c1sc(NCc2c(C)noc2C)nc1C. The van der Waals surface area contributed by atoms with Crippen LogP contribution in [0.3, 0.4) is 0 Å². The van der Waals surface area contributed by atoms with E-state index in [1.54, 1.807) is 6.92 Å². The quantitative estimate of drug-likeness (QED) is 0.867. The van der Waals surface area contributed by atoms with Crippen LogP contribution in [0.15, 0.2) is 4.52 Å². The van der Waals surface area contributed by atoms with E-state index in [1.807, 2.05) is 13.8 Å². The molecular formula is C12H15N3O3S. The number of hydrogen-bond donors (Lipinski definition) is 1. The Bertz CT molecular complexity index is 584. The summed E-state index contributed by atoms with van der Waals surface area (Å²) < 4.78 is 9.78. The Morgan fingerprint density at radius 2 is 2.11 bits per heavy atom. The molecule has 0 aliphatic carbocycles. The van der Waals surface area contributed by atoms with Gasteiger partial charge in [0.2, 0.25) is 0 Å². The summed E-state index contributed by atoms with van der Waals surface area (Å²) in [7, 11) is 1.36. The Morgan fingerprint density at radius 1 is 1.37 bits per heavy atom. The highest BCUT2D eigenvalue weighted by atomic mass is 32.1. The third-order valence-corrected chi connectivity index (χ3v) is 3.86. The van der Waals surface area contributed by atoms with Gasteiger partial charge in [-0.25, -0.2) is 9.78 Å². The molecule has 0 radical (unpaired) electrons. The first-order chi connectivity index (χ1) is 9.02. The number of hydrogen-bond acceptors (Lipinski definition) is 7. The third-order valence-electron chi connectivity index (χ3n) is 2.76. The minimum atomic E-state index is -0.361. The number of anilines is 1. The fourth-order valence-electron chi connectivity index (χ4n) is 1.67. The first kappa shape index (κ1) is 13.5. The minimum Gasteiger partial charge on any atom is -0.465 e. The largest absolute Gasteiger partial charge is 0.465 e. The van der Waals surface area contributed by atoms with E-state index >= 15 is 0 Å². The standard InChI is InChI=1S/C12H15N3O3S/c1-6-9(8(3)18-15-6)5-13-12-14-7(2)10(19-12)11(16)17-4/h5H2,1-4H3,(H,13,14). The second-order valence-corrected chi connectivity index (χ2v) is 5.08. The summed E-state index contributed by atoms with van der Waals surface area (Å²) >= 11 is 1.28. The van der Waals surface area contributed by atoms with Crippen molar-refractivity contribution in [1.29, 1.82) is 0 Å². The first-order valence-electron chi connectivity index (χ1n) is 5.74. The van der Waals surface area contributed by atoms with Crippen LogP contribution in [0.1, 0.15) is 32.4 Å². The summed E-state index contributed by atoms with van der Waals surface area (Å²) in [6.45, 7) is 6.10. The van der Waals surface area contributed by atoms with E-state index in [2.05, 4.69) is 15.5 Å². The number of aryl methyl sites for hydroxylation is 3. The van der Waals surface area contributed by atoms with Crippen molar-refractivity contribution in [2.24, 2.45) is 0 Å². The van der Waals surface area contributed by atoms with Crippen molar-refractivity contribution < 1.29 is 14.1 Å². The lowest BCUT2D eigenvalue weighted by atomic mass is 10.2. The molecule has 1 N–H and O–H groups in total. The van der Waals surface area contributed by atoms with E-state index in [-0.39, 0.29) is 5.97 Å². The Balaban J connectivity index is 2.11. The predicted octanol–water partition coefficient (Wildman–Crippen LogP) is 2.46. The number of methoxy groups -OCH3 is 1. The van der Waals surface area contributed by atoms with E-state index < -0.39 is 0 Å². The van der Waals surface area contributed by atoms with Crippen molar-refractivity contribution in [3.8, 4) is 0 Å². The lowest BCUT2D eigenvalue weighted by Crippen LogP contribution is -2.00. The number of aromatic nitrogens is 2. The van der Waals surface area contributed by atoms with Gasteiger partial charge in [0.25, 0.3) is 0 Å². The van der Waals surface area contributed by atoms with E-state index in [9.17, 15) is 4.79 Å². The topological polar surface area (TPSA) is 77.2 Å². The Kier molecular flexibility index (Phi) is 3.84. The van der Waals surface area contributed by atoms with Gasteiger partial charge in [-0.2, -0.15) is 0 Å². The van der Waals surface area contributed by atoms with Crippen LogP contribution >= 0.6 is 11.3 Å². The van der Waals surface area contributed by atoms with E-state index in [1.165, 1.54) is 18.4 Å². The molecule has 102 valence electrons. The maximum Gasteiger partial charge on any atom is 0.350 e. The Morgan fingerprint density at radius 3 is 2.68 bits per heavy atom. The molecule has 0 aromatic carbocycles. The number of rotatable bonds is 4. The molecule has 0 atom stereocenters. The first-order valence-corrected chi connectivity index (χ1v) is 6.56. The molecule has 7 heteroatoms. The fraction of sp³-hybridized carbons (Fsp3) is 0.417. The van der Waals surface area contributed by atoms with Gasteiger partial charge in [0, 0.05) is 12.1 Å². The molecule has 0 unspecified atom stereocenters. The van der Waals surface area contributed by atoms with Gasteiger partial charge in [0.15, 0.2) is 5.13 Å². The Labute approximate surface area is 114 Å². The molecule has 0 amide bonds. The number of esters is 1. The molecule has 0 spiro atoms. The van der Waals surface area contributed by atoms with Crippen molar-refractivity contribution >= 4 is 22.4 Å². The van der Waals surface area contributed by atoms with Crippen molar-refractivity contribution in [3.63, 3.8) is 0 Å². The van der Waals surface area contributed by atoms with Crippen LogP contribution in [-0.4, -0.2) is 23.2 Å². The van der Waals surface area contributed by atoms with Gasteiger partial charge >= 0.3 is 5.97 Å². The highest BCUT2D eigenvalue weighted by Gasteiger charge is 2.16. The van der Waals surface area contributed by atoms with Crippen LogP contribution in [0.5, 0.6) is 0 Å². The summed E-state index contributed by atoms with van der Waals surface area (Å²) in [5, 5.41) is 7.73. The van der Waals surface area contributed by atoms with Gasteiger partial charge in [-0.3, -0.25) is 0 Å². The van der Waals surface area contributed by atoms with E-state index in [0.29, 0.717) is 22.2 Å². The van der Waals surface area contributed by atoms with Gasteiger partial charge in [0.1, 0.15) is 10.6 Å². The van der Waals surface area contributed by atoms with E-state index in [0.717, 1.165) is 17.0 Å². The lowest BCUT2D eigenvalue weighted by molar-refractivity contribution is 0.0605. The molecule has 2 heterocycles. The molecule has 0 fully saturated rings. The maximum atomic E-state index is 11.5. The average Bonchev–Trinajstić information content (AvgIpc) is 2.90. The molecule has 2 rings (SSSR count). The van der Waals surface area contributed by atoms with Crippen LogP contribution in [0.2, 0.25) is 0 Å². The second-order valence-electron chi connectivity index (χ2n) is 4.08. The molecule has 0 aliphatic heterocycles. The molecule has 0 saturated carbocycles. The van der Waals surface area contributed by atoms with Gasteiger partial charge in [-0.15, -0.1) is 0 Å². The molecule has 19 heavy (non-hydrogen) atoms. The van der Waals surface area contributed by atoms with Crippen molar-refractivity contribution in [2.75, 3.05) is 12.4 Å². The zero-order valence-corrected chi connectivity index (χ0v) is 12.1. The number of carbonyl (C=O) groups excluding carboxylic acids is 1. The summed E-state index contributed by atoms with van der Waals surface area (Å²) in [6.07, 6.45) is 0. The predicted molar refractivity (Wildman–Crippen MR) is 71.5 cm³/mol. The zero-order chi connectivity index (χ0) is 14.0. The summed E-state index contributed by atoms with van der Waals surface area (Å²) in [5.74, 6) is 0.423. The van der Waals surface area contributed by atoms with Gasteiger partial charge < -0.3 is 14.6 Å². The van der Waals surface area contributed by atoms with Crippen LogP contribution < -0.4 is 5.32 Å². The number of nitrogens with zero attached hydrogens (tertiary/aromatic N) is 2. The van der Waals surface area contributed by atoms with Crippen LogP contribution in [-0.2, 0) is 11.3 Å². The maximum absolute atomic E-state index is 11.5. The fourth-order valence-corrected chi connectivity index (χ4v) is 2.55. The van der Waals surface area contributed by atoms with Crippen LogP contribution in [0.4, 0.5) is 5.13 Å². The summed E-state index contributed by atoms with van der Waals surface area (Å²) in [5.41, 5.74) is 2.53. The van der Waals surface area contributed by atoms with Crippen LogP contribution in [0, 0.1) is 20.8 Å². The summed E-state index contributed by atoms with van der Waals surface area (Å²) in [4.78, 5) is 16.3. The highest BCUT2D eigenvalue weighted by Crippen LogP contribution is 2.24. The normalized spacial score (nSPS) is 10.5. The molecule has 0 bridgehead atoms. The molecule has 0 saturated heterocycles. The van der Waals surface area contributed by atoms with Crippen LogP contribution in [0.25, 0.3) is 0 Å². The number of thiazole rings is 1. The third kappa shape index (κ3) is 2.76. The minimum absolute atomic E-state index is 0.361. The molecular weight excluding hydrogens is 266 g/mol. The summed E-state index contributed by atoms with van der Waals surface area (Å²) in [6, 6.07) is 0. The van der Waals surface area contributed by atoms with Gasteiger partial charge in [-0.05, 0) is 20.8 Å². The zero-order valence-electron chi connectivity index (χ0n) is 11.2. The monoisotopic (exact) mass is 281 g/mol. The number of carbonyl (C=O) groups is 1. The van der Waals surface area contributed by atoms with Crippen molar-refractivity contribution in [2.45, 2.75) is 27.3 Å². The molecule has 0 aliphatic rings. The van der Waals surface area contributed by atoms with E-state index in [4.69, 9.17) is 9.26 Å². The van der Waals surface area contributed by atoms with Crippen molar-refractivity contribution in [3.05, 3.63) is 27.6 Å². The second kappa shape index (κ2) is 5.40. The number of ether oxygens (including phenoxy) is 1. The average molecular weight is 281 g/mol. The van der Waals surface area contributed by atoms with Crippen molar-refractivity contribution in [1.82, 2.24) is 10.1 Å². The molecule has 2 aromatic heterocycles. The smallest absolute Gasteiger partial charge is 0.350 e. The van der Waals surface area contributed by atoms with Gasteiger partial charge in [0.05, 0.1) is 18.5 Å². The molecule has 2 aromatic rings.